The Morgan fingerprint density at radius 1 is 1.42 bits per heavy atom. The molecule has 1 aromatic carbocycles. The first-order chi connectivity index (χ1) is 5.61. The molecule has 12 heavy (non-hydrogen) atoms. The van der Waals surface area contributed by atoms with Gasteiger partial charge in [0.25, 0.3) is 0 Å². The topological polar surface area (TPSA) is 46.5 Å². The normalized spacial score (nSPS) is 12.6. The lowest BCUT2D eigenvalue weighted by Crippen LogP contribution is -1.81. The van der Waals surface area contributed by atoms with Gasteiger partial charge in [0, 0.05) is 0 Å². The van der Waals surface area contributed by atoms with Crippen LogP contribution in [0.4, 0.5) is 0 Å². The molecule has 0 heterocycles. The van der Waals surface area contributed by atoms with Crippen molar-refractivity contribution in [2.75, 3.05) is 0 Å². The average Bonchev–Trinajstić information content (AvgIpc) is 1.98. The van der Waals surface area contributed by atoms with Gasteiger partial charge in [0.1, 0.15) is 10.8 Å². The molecule has 1 rings (SSSR count). The minimum absolute atomic E-state index is 0.121. The maximum atomic E-state index is 10.3. The van der Waals surface area contributed by atoms with E-state index in [0.717, 1.165) is 0 Å². The Morgan fingerprint density at radius 2 is 2.08 bits per heavy atom. The van der Waals surface area contributed by atoms with Gasteiger partial charge in [0.2, 0.25) is 0 Å². The molecule has 0 aliphatic rings. The maximum Gasteiger partial charge on any atom is 0.365 e. The van der Waals surface area contributed by atoms with Gasteiger partial charge in [-0.05, 0) is 12.1 Å². The Hall–Kier alpha value is -0.210. The van der Waals surface area contributed by atoms with Gasteiger partial charge < -0.3 is 9.42 Å². The Morgan fingerprint density at radius 3 is 2.67 bits per heavy atom. The van der Waals surface area contributed by atoms with Gasteiger partial charge in [0.05, 0.1) is 5.02 Å². The van der Waals surface area contributed by atoms with Crippen molar-refractivity contribution in [3.63, 3.8) is 0 Å². The molecule has 6 heteroatoms. The first-order valence-corrected chi connectivity index (χ1v) is 4.98. The van der Waals surface area contributed by atoms with E-state index in [9.17, 15) is 4.57 Å². The number of hydrogen-bond donors (Lipinski definition) is 1. The molecule has 0 fully saturated rings. The predicted molar refractivity (Wildman–Crippen MR) is 48.3 cm³/mol. The summed E-state index contributed by atoms with van der Waals surface area (Å²) in [5.41, 5.74) is 0. The molecule has 0 spiro atoms. The van der Waals surface area contributed by atoms with Crippen LogP contribution < -0.4 is 4.52 Å². The third-order valence-electron chi connectivity index (χ3n) is 1.11. The molecular weight excluding hydrogens is 222 g/mol. The zero-order chi connectivity index (χ0) is 9.14. The molecular formula is C6H5Cl2O3P. The minimum Gasteiger partial charge on any atom is -0.425 e. The second kappa shape index (κ2) is 4.15. The quantitative estimate of drug-likeness (QED) is 0.790. The van der Waals surface area contributed by atoms with E-state index in [1.807, 2.05) is 0 Å². The van der Waals surface area contributed by atoms with E-state index in [4.69, 9.17) is 28.1 Å². The molecule has 0 saturated carbocycles. The predicted octanol–water partition coefficient (Wildman–Crippen LogP) is 2.75. The first-order valence-electron chi connectivity index (χ1n) is 2.96. The molecule has 3 nitrogen and oxygen atoms in total. The van der Waals surface area contributed by atoms with Crippen LogP contribution in [0.2, 0.25) is 10.0 Å². The van der Waals surface area contributed by atoms with Gasteiger partial charge in [-0.1, -0.05) is 29.3 Å². The van der Waals surface area contributed by atoms with Gasteiger partial charge in [-0.2, -0.15) is 0 Å². The summed E-state index contributed by atoms with van der Waals surface area (Å²) in [5, 5.41) is 0.434. The van der Waals surface area contributed by atoms with Gasteiger partial charge >= 0.3 is 8.25 Å². The molecule has 0 saturated heterocycles. The first kappa shape index (κ1) is 9.87. The summed E-state index contributed by atoms with van der Waals surface area (Å²) < 4.78 is 14.8. The zero-order valence-electron chi connectivity index (χ0n) is 5.75. The zero-order valence-corrected chi connectivity index (χ0v) is 8.26. The fourth-order valence-corrected chi connectivity index (χ4v) is 1.41. The van der Waals surface area contributed by atoms with Crippen molar-refractivity contribution >= 4 is 31.5 Å². The van der Waals surface area contributed by atoms with E-state index < -0.39 is 8.25 Å². The van der Waals surface area contributed by atoms with Crippen molar-refractivity contribution in [2.45, 2.75) is 0 Å². The Bertz CT molecular complexity index is 316. The summed E-state index contributed by atoms with van der Waals surface area (Å²) >= 11 is 11.3. The van der Waals surface area contributed by atoms with Gasteiger partial charge in [0.15, 0.2) is 0 Å². The molecule has 0 radical (unpaired) electrons. The Balaban J connectivity index is 3.00. The molecule has 66 valence electrons. The van der Waals surface area contributed by atoms with Crippen LogP contribution in [0.5, 0.6) is 5.75 Å². The van der Waals surface area contributed by atoms with E-state index in [2.05, 4.69) is 4.52 Å². The fourth-order valence-electron chi connectivity index (χ4n) is 0.657. The molecule has 1 atom stereocenters. The second-order valence-corrected chi connectivity index (χ2v) is 3.44. The standard InChI is InChI=1S/C6H5Cl2O3P/c7-4-2-1-3-5(6(4)8)11-12(9)10/h1-3,12H,(H,9,10). The van der Waals surface area contributed by atoms with E-state index in [1.165, 1.54) is 6.07 Å². The van der Waals surface area contributed by atoms with E-state index >= 15 is 0 Å². The van der Waals surface area contributed by atoms with E-state index in [-0.39, 0.29) is 15.8 Å². The number of hydrogen-bond acceptors (Lipinski definition) is 2. The summed E-state index contributed by atoms with van der Waals surface area (Å²) in [7, 11) is -3.02. The summed E-state index contributed by atoms with van der Waals surface area (Å²) in [6.07, 6.45) is 0. The molecule has 1 unspecified atom stereocenters. The summed E-state index contributed by atoms with van der Waals surface area (Å²) in [6.45, 7) is 0. The highest BCUT2D eigenvalue weighted by molar-refractivity contribution is 7.32. The second-order valence-electron chi connectivity index (χ2n) is 1.92. The van der Waals surface area contributed by atoms with Crippen LogP contribution in [-0.4, -0.2) is 4.89 Å². The number of rotatable bonds is 2. The fraction of sp³-hybridized carbons (Fsp3) is 0. The Kier molecular flexibility index (Phi) is 3.41. The smallest absolute Gasteiger partial charge is 0.365 e. The largest absolute Gasteiger partial charge is 0.425 e. The maximum absolute atomic E-state index is 10.3. The molecule has 0 amide bonds. The summed E-state index contributed by atoms with van der Waals surface area (Å²) in [5.74, 6) is 0.121. The van der Waals surface area contributed by atoms with Gasteiger partial charge in [-0.15, -0.1) is 0 Å². The summed E-state index contributed by atoms with van der Waals surface area (Å²) in [6, 6.07) is 4.60. The van der Waals surface area contributed by atoms with Crippen molar-refractivity contribution in [3.05, 3.63) is 28.2 Å². The van der Waals surface area contributed by atoms with Crippen LogP contribution in [0.25, 0.3) is 0 Å². The highest BCUT2D eigenvalue weighted by Crippen LogP contribution is 2.35. The molecule has 0 aromatic heterocycles. The van der Waals surface area contributed by atoms with E-state index in [1.54, 1.807) is 12.1 Å². The number of benzene rings is 1. The van der Waals surface area contributed by atoms with Crippen LogP contribution >= 0.6 is 31.5 Å². The molecule has 0 bridgehead atoms. The lowest BCUT2D eigenvalue weighted by atomic mass is 10.3. The SMILES string of the molecule is O=[PH](O)Oc1cccc(Cl)c1Cl. The van der Waals surface area contributed by atoms with Crippen LogP contribution in [0.1, 0.15) is 0 Å². The van der Waals surface area contributed by atoms with Crippen LogP contribution in [0, 0.1) is 0 Å². The Labute approximate surface area is 79.8 Å². The van der Waals surface area contributed by atoms with Crippen molar-refractivity contribution < 1.29 is 14.0 Å². The van der Waals surface area contributed by atoms with Crippen molar-refractivity contribution in [1.29, 1.82) is 0 Å². The average molecular weight is 227 g/mol. The molecule has 1 aromatic rings. The highest BCUT2D eigenvalue weighted by Gasteiger charge is 2.06. The number of halogens is 2. The third-order valence-corrected chi connectivity index (χ3v) is 2.31. The van der Waals surface area contributed by atoms with Crippen molar-refractivity contribution in [3.8, 4) is 5.75 Å². The van der Waals surface area contributed by atoms with Crippen LogP contribution in [0.3, 0.4) is 0 Å². The van der Waals surface area contributed by atoms with Gasteiger partial charge in [-0.25, -0.2) is 4.57 Å². The van der Waals surface area contributed by atoms with Gasteiger partial charge in [-0.3, -0.25) is 0 Å². The van der Waals surface area contributed by atoms with Crippen LogP contribution in [-0.2, 0) is 4.57 Å². The molecule has 0 aliphatic carbocycles. The van der Waals surface area contributed by atoms with Crippen molar-refractivity contribution in [1.82, 2.24) is 0 Å². The monoisotopic (exact) mass is 226 g/mol. The third kappa shape index (κ3) is 2.39. The van der Waals surface area contributed by atoms with Crippen molar-refractivity contribution in [2.24, 2.45) is 0 Å². The van der Waals surface area contributed by atoms with E-state index in [0.29, 0.717) is 0 Å². The molecule has 1 N–H and O–H groups in total. The lowest BCUT2D eigenvalue weighted by Gasteiger charge is -2.03. The molecule has 0 aliphatic heterocycles. The minimum atomic E-state index is -3.02. The highest BCUT2D eigenvalue weighted by atomic mass is 35.5. The lowest BCUT2D eigenvalue weighted by molar-refractivity contribution is 0.410. The summed E-state index contributed by atoms with van der Waals surface area (Å²) in [4.78, 5) is 8.44. The van der Waals surface area contributed by atoms with Crippen LogP contribution in [0.15, 0.2) is 18.2 Å².